The van der Waals surface area contributed by atoms with Gasteiger partial charge < -0.3 is 5.32 Å². The summed E-state index contributed by atoms with van der Waals surface area (Å²) >= 11 is 1.54. The van der Waals surface area contributed by atoms with Crippen LogP contribution in [0.4, 0.5) is 11.4 Å². The van der Waals surface area contributed by atoms with E-state index in [1.54, 1.807) is 41.1 Å². The van der Waals surface area contributed by atoms with Crippen molar-refractivity contribution < 1.29 is 14.4 Å². The lowest BCUT2D eigenvalue weighted by Gasteiger charge is -2.14. The van der Waals surface area contributed by atoms with E-state index in [0.29, 0.717) is 16.9 Å². The molecule has 0 aliphatic carbocycles. The highest BCUT2D eigenvalue weighted by atomic mass is 32.1. The molecule has 0 bridgehead atoms. The summed E-state index contributed by atoms with van der Waals surface area (Å²) in [5.41, 5.74) is 4.20. The smallest absolute Gasteiger partial charge is 0.255 e. The molecule has 3 amide bonds. The van der Waals surface area contributed by atoms with Gasteiger partial charge in [-0.1, -0.05) is 0 Å². The Morgan fingerprint density at radius 2 is 1.76 bits per heavy atom. The zero-order valence-corrected chi connectivity index (χ0v) is 13.9. The predicted molar refractivity (Wildman–Crippen MR) is 95.7 cm³/mol. The molecule has 0 radical (unpaired) electrons. The molecule has 6 nitrogen and oxygen atoms in total. The third-order valence-corrected chi connectivity index (χ3v) is 4.84. The fourth-order valence-corrected chi connectivity index (χ4v) is 3.42. The van der Waals surface area contributed by atoms with Crippen molar-refractivity contribution in [1.82, 2.24) is 4.98 Å². The van der Waals surface area contributed by atoms with Gasteiger partial charge in [-0.2, -0.15) is 0 Å². The summed E-state index contributed by atoms with van der Waals surface area (Å²) in [5.74, 6) is -0.683. The minimum absolute atomic E-state index is 0.209. The summed E-state index contributed by atoms with van der Waals surface area (Å²) in [5, 5.41) is 2.82. The zero-order chi connectivity index (χ0) is 17.4. The number of carbonyl (C=O) groups excluding carboxylic acids is 3. The van der Waals surface area contributed by atoms with Crippen LogP contribution >= 0.6 is 11.3 Å². The molecule has 7 heteroatoms. The summed E-state index contributed by atoms with van der Waals surface area (Å²) in [6, 6.07) is 12.0. The van der Waals surface area contributed by atoms with Crippen molar-refractivity contribution in [2.24, 2.45) is 0 Å². The molecule has 4 rings (SSSR count). The first-order chi connectivity index (χ1) is 12.1. The molecule has 1 N–H and O–H groups in total. The number of imide groups is 1. The normalized spacial score (nSPS) is 14.3. The number of carbonyl (C=O) groups is 3. The Bertz CT molecular complexity index is 978. The number of thiazole rings is 1. The zero-order valence-electron chi connectivity index (χ0n) is 13.1. The van der Waals surface area contributed by atoms with Crippen molar-refractivity contribution >= 4 is 50.6 Å². The largest absolute Gasteiger partial charge is 0.322 e. The number of nitrogens with one attached hydrogen (secondary N) is 1. The van der Waals surface area contributed by atoms with E-state index >= 15 is 0 Å². The van der Waals surface area contributed by atoms with Gasteiger partial charge in [-0.25, -0.2) is 4.98 Å². The first-order valence-corrected chi connectivity index (χ1v) is 8.60. The number of aromatic nitrogens is 1. The molecular formula is C18H13N3O3S. The average Bonchev–Trinajstić information content (AvgIpc) is 3.21. The maximum atomic E-state index is 12.4. The van der Waals surface area contributed by atoms with E-state index < -0.39 is 0 Å². The SMILES string of the molecule is O=C(Nc1ccc2scnc2c1)c1ccc(N2C(=O)CCC2=O)cc1. The molecule has 0 spiro atoms. The molecule has 0 atom stereocenters. The van der Waals surface area contributed by atoms with Gasteiger partial charge >= 0.3 is 0 Å². The highest BCUT2D eigenvalue weighted by Gasteiger charge is 2.30. The van der Waals surface area contributed by atoms with Gasteiger partial charge in [-0.3, -0.25) is 19.3 Å². The Hall–Kier alpha value is -3.06. The van der Waals surface area contributed by atoms with Crippen LogP contribution in [0.3, 0.4) is 0 Å². The third kappa shape index (κ3) is 2.89. The van der Waals surface area contributed by atoms with Crippen LogP contribution in [-0.2, 0) is 9.59 Å². The fraction of sp³-hybridized carbons (Fsp3) is 0.111. The number of anilines is 2. The van der Waals surface area contributed by atoms with Crippen LogP contribution in [0.2, 0.25) is 0 Å². The maximum absolute atomic E-state index is 12.4. The van der Waals surface area contributed by atoms with E-state index in [4.69, 9.17) is 0 Å². The number of hydrogen-bond acceptors (Lipinski definition) is 5. The lowest BCUT2D eigenvalue weighted by atomic mass is 10.1. The summed E-state index contributed by atoms with van der Waals surface area (Å²) in [4.78, 5) is 41.3. The van der Waals surface area contributed by atoms with Crippen LogP contribution in [0.25, 0.3) is 10.2 Å². The van der Waals surface area contributed by atoms with E-state index in [1.807, 2.05) is 18.2 Å². The Morgan fingerprint density at radius 1 is 1.04 bits per heavy atom. The molecule has 25 heavy (non-hydrogen) atoms. The Balaban J connectivity index is 1.52. The monoisotopic (exact) mass is 351 g/mol. The molecule has 1 fully saturated rings. The van der Waals surface area contributed by atoms with Crippen molar-refractivity contribution in [2.45, 2.75) is 12.8 Å². The maximum Gasteiger partial charge on any atom is 0.255 e. The van der Waals surface area contributed by atoms with Crippen molar-refractivity contribution in [3.63, 3.8) is 0 Å². The number of fused-ring (bicyclic) bond motifs is 1. The molecule has 0 unspecified atom stereocenters. The quantitative estimate of drug-likeness (QED) is 0.735. The van der Waals surface area contributed by atoms with Gasteiger partial charge in [0.2, 0.25) is 11.8 Å². The van der Waals surface area contributed by atoms with Gasteiger partial charge in [0.15, 0.2) is 0 Å². The summed E-state index contributed by atoms with van der Waals surface area (Å²) < 4.78 is 1.06. The first kappa shape index (κ1) is 15.5. The van der Waals surface area contributed by atoms with Crippen LogP contribution in [0.15, 0.2) is 48.0 Å². The minimum atomic E-state index is -0.264. The van der Waals surface area contributed by atoms with Crippen LogP contribution in [-0.4, -0.2) is 22.7 Å². The van der Waals surface area contributed by atoms with Gasteiger partial charge in [0, 0.05) is 24.1 Å². The second-order valence-corrected chi connectivity index (χ2v) is 6.55. The van der Waals surface area contributed by atoms with Crippen molar-refractivity contribution in [3.8, 4) is 0 Å². The second kappa shape index (κ2) is 6.10. The van der Waals surface area contributed by atoms with Gasteiger partial charge in [-0.15, -0.1) is 11.3 Å². The highest BCUT2D eigenvalue weighted by molar-refractivity contribution is 7.16. The molecule has 2 heterocycles. The lowest BCUT2D eigenvalue weighted by Crippen LogP contribution is -2.28. The standard InChI is InChI=1S/C18H13N3O3S/c22-16-7-8-17(23)21(16)13-4-1-11(2-5-13)18(24)20-12-3-6-15-14(9-12)19-10-25-15/h1-6,9-10H,7-8H2,(H,20,24). The molecule has 1 aromatic heterocycles. The summed E-state index contributed by atoms with van der Waals surface area (Å²) in [7, 11) is 0. The van der Waals surface area contributed by atoms with Crippen LogP contribution in [0.5, 0.6) is 0 Å². The van der Waals surface area contributed by atoms with E-state index in [0.717, 1.165) is 15.1 Å². The molecule has 1 aliphatic rings. The number of rotatable bonds is 3. The average molecular weight is 351 g/mol. The highest BCUT2D eigenvalue weighted by Crippen LogP contribution is 2.24. The minimum Gasteiger partial charge on any atom is -0.322 e. The molecule has 1 aliphatic heterocycles. The predicted octanol–water partition coefficient (Wildman–Crippen LogP) is 3.20. The van der Waals surface area contributed by atoms with Gasteiger partial charge in [-0.05, 0) is 42.5 Å². The molecule has 0 saturated carbocycles. The third-order valence-electron chi connectivity index (χ3n) is 4.03. The first-order valence-electron chi connectivity index (χ1n) is 7.72. The number of hydrogen-bond donors (Lipinski definition) is 1. The molecule has 1 saturated heterocycles. The van der Waals surface area contributed by atoms with E-state index in [9.17, 15) is 14.4 Å². The van der Waals surface area contributed by atoms with Crippen LogP contribution < -0.4 is 10.2 Å². The van der Waals surface area contributed by atoms with Crippen LogP contribution in [0.1, 0.15) is 23.2 Å². The molecule has 2 aromatic carbocycles. The van der Waals surface area contributed by atoms with E-state index in [-0.39, 0.29) is 30.6 Å². The van der Waals surface area contributed by atoms with Crippen molar-refractivity contribution in [2.75, 3.05) is 10.2 Å². The van der Waals surface area contributed by atoms with E-state index in [2.05, 4.69) is 10.3 Å². The Labute approximate surface area is 147 Å². The Kier molecular flexibility index (Phi) is 3.77. The van der Waals surface area contributed by atoms with Gasteiger partial charge in [0.1, 0.15) is 0 Å². The number of nitrogens with zero attached hydrogens (tertiary/aromatic N) is 2. The summed E-state index contributed by atoms with van der Waals surface area (Å²) in [6.45, 7) is 0. The molecule has 124 valence electrons. The molecule has 3 aromatic rings. The van der Waals surface area contributed by atoms with Crippen molar-refractivity contribution in [1.29, 1.82) is 0 Å². The number of benzene rings is 2. The van der Waals surface area contributed by atoms with E-state index in [1.165, 1.54) is 0 Å². The summed E-state index contributed by atoms with van der Waals surface area (Å²) in [6.07, 6.45) is 0.473. The van der Waals surface area contributed by atoms with Crippen molar-refractivity contribution in [3.05, 3.63) is 53.5 Å². The lowest BCUT2D eigenvalue weighted by molar-refractivity contribution is -0.121. The molecular weight excluding hydrogens is 338 g/mol. The fourth-order valence-electron chi connectivity index (χ4n) is 2.77. The number of amides is 3. The van der Waals surface area contributed by atoms with Gasteiger partial charge in [0.25, 0.3) is 5.91 Å². The Morgan fingerprint density at radius 3 is 2.48 bits per heavy atom. The van der Waals surface area contributed by atoms with Crippen LogP contribution in [0, 0.1) is 0 Å². The van der Waals surface area contributed by atoms with Gasteiger partial charge in [0.05, 0.1) is 21.4 Å². The second-order valence-electron chi connectivity index (χ2n) is 5.66. The topological polar surface area (TPSA) is 79.4 Å².